The number of aliphatic carboxylic acids is 1. The molecule has 2 N–H and O–H groups in total. The summed E-state index contributed by atoms with van der Waals surface area (Å²) in [5.41, 5.74) is 1.49. The second-order valence-corrected chi connectivity index (χ2v) is 6.02. The number of carboxylic acids is 1. The Kier molecular flexibility index (Phi) is 6.68. The number of hydrogen-bond donors (Lipinski definition) is 2. The van der Waals surface area contributed by atoms with Crippen molar-refractivity contribution in [2.24, 2.45) is 0 Å². The average molecular weight is 345 g/mol. The van der Waals surface area contributed by atoms with Gasteiger partial charge < -0.3 is 10.4 Å². The van der Waals surface area contributed by atoms with E-state index in [1.54, 1.807) is 6.07 Å². The Morgan fingerprint density at radius 1 is 1.20 bits per heavy atom. The van der Waals surface area contributed by atoms with Gasteiger partial charge in [0.25, 0.3) is 5.56 Å². The van der Waals surface area contributed by atoms with Crippen LogP contribution in [0.15, 0.2) is 29.3 Å². The Morgan fingerprint density at radius 2 is 2.00 bits per heavy atom. The third kappa shape index (κ3) is 5.41. The molecule has 0 fully saturated rings. The number of aromatic nitrogens is 2. The van der Waals surface area contributed by atoms with E-state index in [0.29, 0.717) is 23.9 Å². The highest BCUT2D eigenvalue weighted by Gasteiger charge is 2.07. The van der Waals surface area contributed by atoms with E-state index in [-0.39, 0.29) is 30.9 Å². The smallest absolute Gasteiger partial charge is 0.303 e. The zero-order valence-corrected chi connectivity index (χ0v) is 14.3. The van der Waals surface area contributed by atoms with Crippen LogP contribution in [0.2, 0.25) is 0 Å². The summed E-state index contributed by atoms with van der Waals surface area (Å²) in [4.78, 5) is 39.0. The van der Waals surface area contributed by atoms with Crippen LogP contribution in [-0.4, -0.2) is 33.1 Å². The number of hydrogen-bond acceptors (Lipinski definition) is 4. The third-order valence-electron chi connectivity index (χ3n) is 4.02. The molecule has 7 nitrogen and oxygen atoms in total. The van der Waals surface area contributed by atoms with Gasteiger partial charge in [0.05, 0.1) is 17.2 Å². The van der Waals surface area contributed by atoms with Crippen molar-refractivity contribution in [2.45, 2.75) is 45.6 Å². The van der Waals surface area contributed by atoms with Crippen molar-refractivity contribution in [1.29, 1.82) is 0 Å². The van der Waals surface area contributed by atoms with Crippen LogP contribution >= 0.6 is 0 Å². The van der Waals surface area contributed by atoms with Gasteiger partial charge in [-0.25, -0.2) is 4.98 Å². The number of aryl methyl sites for hydroxylation is 2. The minimum atomic E-state index is -0.798. The maximum atomic E-state index is 12.4. The van der Waals surface area contributed by atoms with Crippen LogP contribution in [0.3, 0.4) is 0 Å². The number of benzene rings is 1. The third-order valence-corrected chi connectivity index (χ3v) is 4.02. The first kappa shape index (κ1) is 18.6. The first-order chi connectivity index (χ1) is 12.0. The first-order valence-corrected chi connectivity index (χ1v) is 8.42. The van der Waals surface area contributed by atoms with Crippen LogP contribution in [0, 0.1) is 6.92 Å². The highest BCUT2D eigenvalue weighted by Crippen LogP contribution is 2.11. The minimum absolute atomic E-state index is 0.130. The number of carbonyl (C=O) groups excluding carboxylic acids is 1. The molecule has 2 rings (SSSR count). The average Bonchev–Trinajstić information content (AvgIpc) is 2.58. The number of fused-ring (bicyclic) bond motifs is 1. The lowest BCUT2D eigenvalue weighted by atomic mass is 10.1. The molecule has 1 amide bonds. The van der Waals surface area contributed by atoms with Crippen LogP contribution in [0.4, 0.5) is 0 Å². The highest BCUT2D eigenvalue weighted by molar-refractivity contribution is 5.80. The molecule has 0 aliphatic carbocycles. The van der Waals surface area contributed by atoms with Gasteiger partial charge in [-0.3, -0.25) is 19.0 Å². The Morgan fingerprint density at radius 3 is 2.76 bits per heavy atom. The summed E-state index contributed by atoms with van der Waals surface area (Å²) >= 11 is 0. The van der Waals surface area contributed by atoms with E-state index in [1.165, 1.54) is 10.9 Å². The first-order valence-electron chi connectivity index (χ1n) is 8.42. The molecule has 2 aromatic rings. The van der Waals surface area contributed by atoms with E-state index in [9.17, 15) is 14.4 Å². The number of carboxylic acid groups (broad SMARTS) is 1. The fourth-order valence-electron chi connectivity index (χ4n) is 2.61. The lowest BCUT2D eigenvalue weighted by Gasteiger charge is -2.08. The molecular formula is C18H23N3O4. The Labute approximate surface area is 145 Å². The molecule has 0 spiro atoms. The molecular weight excluding hydrogens is 322 g/mol. The largest absolute Gasteiger partial charge is 0.481 e. The van der Waals surface area contributed by atoms with Crippen molar-refractivity contribution in [1.82, 2.24) is 14.9 Å². The van der Waals surface area contributed by atoms with Crippen molar-refractivity contribution in [3.8, 4) is 0 Å². The normalized spacial score (nSPS) is 10.8. The fraction of sp³-hybridized carbons (Fsp3) is 0.444. The highest BCUT2D eigenvalue weighted by atomic mass is 16.4. The van der Waals surface area contributed by atoms with E-state index < -0.39 is 5.97 Å². The van der Waals surface area contributed by atoms with Crippen molar-refractivity contribution < 1.29 is 14.7 Å². The van der Waals surface area contributed by atoms with Gasteiger partial charge in [-0.1, -0.05) is 18.6 Å². The van der Waals surface area contributed by atoms with Gasteiger partial charge in [-0.15, -0.1) is 0 Å². The molecule has 1 aromatic heterocycles. The molecule has 1 aromatic carbocycles. The molecule has 0 atom stereocenters. The lowest BCUT2D eigenvalue weighted by Crippen LogP contribution is -2.28. The monoisotopic (exact) mass is 345 g/mol. The summed E-state index contributed by atoms with van der Waals surface area (Å²) in [5.74, 6) is -0.928. The molecule has 7 heteroatoms. The van der Waals surface area contributed by atoms with E-state index in [4.69, 9.17) is 5.11 Å². The predicted molar refractivity (Wildman–Crippen MR) is 94.5 cm³/mol. The molecule has 1 heterocycles. The topological polar surface area (TPSA) is 101 Å². The number of para-hydroxylation sites is 1. The van der Waals surface area contributed by atoms with E-state index in [1.807, 2.05) is 19.1 Å². The standard InChI is InChI=1S/C18H23N3O4/c1-13-6-5-7-14-17(13)20-12-21(18(14)25)11-9-15(22)19-10-4-2-3-8-16(23)24/h5-7,12H,2-4,8-11H2,1H3,(H,19,22)(H,23,24). The summed E-state index contributed by atoms with van der Waals surface area (Å²) in [7, 11) is 0. The van der Waals surface area contributed by atoms with Crippen LogP contribution in [0.25, 0.3) is 10.9 Å². The van der Waals surface area contributed by atoms with Gasteiger partial charge in [0.2, 0.25) is 5.91 Å². The maximum absolute atomic E-state index is 12.4. The van der Waals surface area contributed by atoms with Gasteiger partial charge in [-0.2, -0.15) is 0 Å². The molecule has 0 saturated heterocycles. The zero-order valence-electron chi connectivity index (χ0n) is 14.3. The van der Waals surface area contributed by atoms with Gasteiger partial charge in [0, 0.05) is 25.9 Å². The Balaban J connectivity index is 1.80. The molecule has 0 radical (unpaired) electrons. The zero-order chi connectivity index (χ0) is 18.2. The van der Waals surface area contributed by atoms with Crippen molar-refractivity contribution in [3.63, 3.8) is 0 Å². The Hall–Kier alpha value is -2.70. The van der Waals surface area contributed by atoms with Crippen LogP contribution in [0.5, 0.6) is 0 Å². The molecule has 0 bridgehead atoms. The van der Waals surface area contributed by atoms with Crippen LogP contribution < -0.4 is 10.9 Å². The maximum Gasteiger partial charge on any atom is 0.303 e. The number of amides is 1. The number of rotatable bonds is 9. The number of nitrogens with zero attached hydrogens (tertiary/aromatic N) is 2. The van der Waals surface area contributed by atoms with Crippen molar-refractivity contribution in [3.05, 3.63) is 40.4 Å². The lowest BCUT2D eigenvalue weighted by molar-refractivity contribution is -0.137. The summed E-state index contributed by atoms with van der Waals surface area (Å²) in [5, 5.41) is 11.9. The van der Waals surface area contributed by atoms with Crippen molar-refractivity contribution >= 4 is 22.8 Å². The fourth-order valence-corrected chi connectivity index (χ4v) is 2.61. The SMILES string of the molecule is Cc1cccc2c(=O)n(CCC(=O)NCCCCCC(=O)O)cnc12. The van der Waals surface area contributed by atoms with E-state index >= 15 is 0 Å². The molecule has 0 unspecified atom stereocenters. The summed E-state index contributed by atoms with van der Waals surface area (Å²) in [6.07, 6.45) is 3.97. The van der Waals surface area contributed by atoms with Crippen LogP contribution in [0.1, 0.15) is 37.7 Å². The quantitative estimate of drug-likeness (QED) is 0.676. The second-order valence-electron chi connectivity index (χ2n) is 6.02. The summed E-state index contributed by atoms with van der Waals surface area (Å²) < 4.78 is 1.45. The molecule has 0 aliphatic heterocycles. The molecule has 0 saturated carbocycles. The van der Waals surface area contributed by atoms with Gasteiger partial charge >= 0.3 is 5.97 Å². The summed E-state index contributed by atoms with van der Waals surface area (Å²) in [6, 6.07) is 5.47. The summed E-state index contributed by atoms with van der Waals surface area (Å²) in [6.45, 7) is 2.70. The number of carbonyl (C=O) groups is 2. The molecule has 25 heavy (non-hydrogen) atoms. The van der Waals surface area contributed by atoms with Gasteiger partial charge in [0.15, 0.2) is 0 Å². The van der Waals surface area contributed by atoms with E-state index in [2.05, 4.69) is 10.3 Å². The van der Waals surface area contributed by atoms with E-state index in [0.717, 1.165) is 18.4 Å². The predicted octanol–water partition coefficient (Wildman–Crippen LogP) is 1.86. The number of unbranched alkanes of at least 4 members (excludes halogenated alkanes) is 2. The minimum Gasteiger partial charge on any atom is -0.481 e. The van der Waals surface area contributed by atoms with Gasteiger partial charge in [-0.05, 0) is 31.4 Å². The van der Waals surface area contributed by atoms with Crippen molar-refractivity contribution in [2.75, 3.05) is 6.54 Å². The molecule has 0 aliphatic rings. The Bertz CT molecular complexity index is 814. The molecule has 134 valence electrons. The number of nitrogens with one attached hydrogen (secondary N) is 1. The second kappa shape index (κ2) is 8.96. The van der Waals surface area contributed by atoms with Gasteiger partial charge in [0.1, 0.15) is 0 Å². The van der Waals surface area contributed by atoms with Crippen LogP contribution in [-0.2, 0) is 16.1 Å².